The summed E-state index contributed by atoms with van der Waals surface area (Å²) in [5, 5.41) is 0.393. The summed E-state index contributed by atoms with van der Waals surface area (Å²) in [7, 11) is 1.44. The molecule has 0 aromatic heterocycles. The zero-order valence-electron chi connectivity index (χ0n) is 11.5. The van der Waals surface area contributed by atoms with Crippen molar-refractivity contribution >= 4 is 39.3 Å². The van der Waals surface area contributed by atoms with Crippen LogP contribution in [0.4, 0.5) is 0 Å². The lowest BCUT2D eigenvalue weighted by Crippen LogP contribution is -2.41. The van der Waals surface area contributed by atoms with Crippen molar-refractivity contribution in [2.45, 2.75) is 0 Å². The number of amides is 2. The number of methoxy groups -OCH3 is 1. The van der Waals surface area contributed by atoms with E-state index in [0.29, 0.717) is 16.3 Å². The summed E-state index contributed by atoms with van der Waals surface area (Å²) in [5.41, 5.74) is 5.30. The van der Waals surface area contributed by atoms with Gasteiger partial charge in [0.2, 0.25) is 0 Å². The topological polar surface area (TPSA) is 67.4 Å². The Kier molecular flexibility index (Phi) is 5.41. The second-order valence-electron chi connectivity index (χ2n) is 4.26. The number of ether oxygens (including phenoxy) is 1. The van der Waals surface area contributed by atoms with E-state index in [2.05, 4.69) is 26.8 Å². The Morgan fingerprint density at radius 1 is 1.09 bits per heavy atom. The molecule has 114 valence electrons. The summed E-state index contributed by atoms with van der Waals surface area (Å²) in [6.07, 6.45) is 0. The van der Waals surface area contributed by atoms with E-state index in [1.54, 1.807) is 36.4 Å². The average Bonchev–Trinajstić information content (AvgIpc) is 2.52. The summed E-state index contributed by atoms with van der Waals surface area (Å²) in [6.45, 7) is 0. The molecule has 2 rings (SSSR count). The molecule has 2 amide bonds. The van der Waals surface area contributed by atoms with Crippen LogP contribution >= 0.6 is 27.5 Å². The quantitative estimate of drug-likeness (QED) is 0.800. The van der Waals surface area contributed by atoms with Crippen molar-refractivity contribution in [2.75, 3.05) is 7.11 Å². The highest BCUT2D eigenvalue weighted by Gasteiger charge is 2.14. The number of nitrogens with one attached hydrogen (secondary N) is 2. The van der Waals surface area contributed by atoms with Crippen LogP contribution in [0.25, 0.3) is 0 Å². The first-order valence-electron chi connectivity index (χ1n) is 6.21. The maximum absolute atomic E-state index is 12.1. The van der Waals surface area contributed by atoms with Gasteiger partial charge in [-0.3, -0.25) is 20.4 Å². The molecule has 22 heavy (non-hydrogen) atoms. The average molecular weight is 384 g/mol. The highest BCUT2D eigenvalue weighted by atomic mass is 79.9. The van der Waals surface area contributed by atoms with Gasteiger partial charge in [0.25, 0.3) is 11.8 Å². The van der Waals surface area contributed by atoms with Crippen LogP contribution in [0, 0.1) is 0 Å². The number of benzene rings is 2. The molecule has 2 aromatic rings. The van der Waals surface area contributed by atoms with Crippen molar-refractivity contribution < 1.29 is 14.3 Å². The Balaban J connectivity index is 2.07. The van der Waals surface area contributed by atoms with Crippen molar-refractivity contribution in [3.05, 3.63) is 63.1 Å². The predicted octanol–water partition coefficient (Wildman–Crippen LogP) is 3.19. The third-order valence-electron chi connectivity index (χ3n) is 2.78. The summed E-state index contributed by atoms with van der Waals surface area (Å²) < 4.78 is 5.86. The van der Waals surface area contributed by atoms with E-state index in [0.717, 1.165) is 4.47 Å². The number of halogens is 2. The van der Waals surface area contributed by atoms with Crippen molar-refractivity contribution in [3.8, 4) is 5.75 Å². The monoisotopic (exact) mass is 382 g/mol. The molecule has 0 bridgehead atoms. The summed E-state index contributed by atoms with van der Waals surface area (Å²) in [6, 6.07) is 11.4. The number of hydrogen-bond acceptors (Lipinski definition) is 3. The molecular weight excluding hydrogens is 372 g/mol. The first-order valence-corrected chi connectivity index (χ1v) is 7.38. The minimum atomic E-state index is -0.525. The fraction of sp³-hybridized carbons (Fsp3) is 0.0667. The zero-order valence-corrected chi connectivity index (χ0v) is 13.9. The van der Waals surface area contributed by atoms with Crippen molar-refractivity contribution in [1.82, 2.24) is 10.9 Å². The van der Waals surface area contributed by atoms with E-state index in [4.69, 9.17) is 16.3 Å². The summed E-state index contributed by atoms with van der Waals surface area (Å²) in [4.78, 5) is 24.1. The standard InChI is InChI=1S/C15H12BrClN2O3/c1-22-13-6-5-11(17)8-12(13)15(21)19-18-14(20)9-3-2-4-10(16)7-9/h2-8H,1H3,(H,18,20)(H,19,21). The second-order valence-corrected chi connectivity index (χ2v) is 5.62. The van der Waals surface area contributed by atoms with E-state index in [1.807, 2.05) is 0 Å². The fourth-order valence-corrected chi connectivity index (χ4v) is 2.31. The number of hydrogen-bond donors (Lipinski definition) is 2. The van der Waals surface area contributed by atoms with Crippen molar-refractivity contribution in [2.24, 2.45) is 0 Å². The van der Waals surface area contributed by atoms with Crippen molar-refractivity contribution in [1.29, 1.82) is 0 Å². The van der Waals surface area contributed by atoms with Gasteiger partial charge in [-0.15, -0.1) is 0 Å². The van der Waals surface area contributed by atoms with Crippen LogP contribution in [0.2, 0.25) is 5.02 Å². The second kappa shape index (κ2) is 7.29. The van der Waals surface area contributed by atoms with Gasteiger partial charge in [-0.25, -0.2) is 0 Å². The largest absolute Gasteiger partial charge is 0.496 e. The molecule has 0 aliphatic heterocycles. The van der Waals surface area contributed by atoms with Gasteiger partial charge in [0, 0.05) is 15.1 Å². The number of carbonyl (C=O) groups is 2. The Hall–Kier alpha value is -2.05. The van der Waals surface area contributed by atoms with Gasteiger partial charge in [0.1, 0.15) is 5.75 Å². The Morgan fingerprint density at radius 2 is 1.82 bits per heavy atom. The van der Waals surface area contributed by atoms with Crippen LogP contribution in [-0.2, 0) is 0 Å². The van der Waals surface area contributed by atoms with Crippen LogP contribution in [0.5, 0.6) is 5.75 Å². The number of carbonyl (C=O) groups excluding carboxylic acids is 2. The smallest absolute Gasteiger partial charge is 0.273 e. The molecule has 0 saturated carbocycles. The lowest BCUT2D eigenvalue weighted by molar-refractivity contribution is 0.0845. The van der Waals surface area contributed by atoms with E-state index >= 15 is 0 Å². The fourth-order valence-electron chi connectivity index (χ4n) is 1.74. The van der Waals surface area contributed by atoms with E-state index in [1.165, 1.54) is 13.2 Å². The minimum absolute atomic E-state index is 0.226. The third-order valence-corrected chi connectivity index (χ3v) is 3.51. The molecule has 0 unspecified atom stereocenters. The van der Waals surface area contributed by atoms with Gasteiger partial charge in [0.05, 0.1) is 12.7 Å². The Morgan fingerprint density at radius 3 is 2.50 bits per heavy atom. The molecule has 0 saturated heterocycles. The van der Waals surface area contributed by atoms with Crippen LogP contribution in [0.3, 0.4) is 0 Å². The molecule has 0 atom stereocenters. The molecule has 0 fully saturated rings. The maximum atomic E-state index is 12.1. The first-order chi connectivity index (χ1) is 10.5. The molecule has 2 N–H and O–H groups in total. The van der Waals surface area contributed by atoms with Gasteiger partial charge in [-0.2, -0.15) is 0 Å². The number of rotatable bonds is 3. The molecule has 5 nitrogen and oxygen atoms in total. The maximum Gasteiger partial charge on any atom is 0.273 e. The molecule has 2 aromatic carbocycles. The zero-order chi connectivity index (χ0) is 16.1. The van der Waals surface area contributed by atoms with E-state index < -0.39 is 11.8 Å². The Labute approximate surface area is 140 Å². The first kappa shape index (κ1) is 16.3. The van der Waals surface area contributed by atoms with Gasteiger partial charge < -0.3 is 4.74 Å². The third kappa shape index (κ3) is 3.99. The molecule has 7 heteroatoms. The van der Waals surface area contributed by atoms with Crippen LogP contribution in [0.15, 0.2) is 46.9 Å². The van der Waals surface area contributed by atoms with Gasteiger partial charge in [-0.05, 0) is 36.4 Å². The van der Waals surface area contributed by atoms with Gasteiger partial charge >= 0.3 is 0 Å². The van der Waals surface area contributed by atoms with Gasteiger partial charge in [-0.1, -0.05) is 33.6 Å². The van der Waals surface area contributed by atoms with E-state index in [9.17, 15) is 9.59 Å². The summed E-state index contributed by atoms with van der Waals surface area (Å²) in [5.74, 6) is -0.600. The number of hydrazine groups is 1. The predicted molar refractivity (Wildman–Crippen MR) is 87.1 cm³/mol. The van der Waals surface area contributed by atoms with Crippen LogP contribution < -0.4 is 15.6 Å². The normalized spacial score (nSPS) is 9.95. The highest BCUT2D eigenvalue weighted by molar-refractivity contribution is 9.10. The highest BCUT2D eigenvalue weighted by Crippen LogP contribution is 2.22. The molecular formula is C15H12BrClN2O3. The minimum Gasteiger partial charge on any atom is -0.496 e. The lowest BCUT2D eigenvalue weighted by Gasteiger charge is -2.10. The van der Waals surface area contributed by atoms with Crippen LogP contribution in [-0.4, -0.2) is 18.9 Å². The Bertz CT molecular complexity index is 722. The van der Waals surface area contributed by atoms with Gasteiger partial charge in [0.15, 0.2) is 0 Å². The molecule has 0 aliphatic rings. The molecule has 0 spiro atoms. The lowest BCUT2D eigenvalue weighted by atomic mass is 10.2. The molecule has 0 radical (unpaired) electrons. The SMILES string of the molecule is COc1ccc(Cl)cc1C(=O)NNC(=O)c1cccc(Br)c1. The summed E-state index contributed by atoms with van der Waals surface area (Å²) >= 11 is 9.14. The molecule has 0 heterocycles. The molecule has 0 aliphatic carbocycles. The van der Waals surface area contributed by atoms with Crippen molar-refractivity contribution in [3.63, 3.8) is 0 Å². The van der Waals surface area contributed by atoms with E-state index in [-0.39, 0.29) is 5.56 Å². The van der Waals surface area contributed by atoms with Crippen LogP contribution in [0.1, 0.15) is 20.7 Å².